The Hall–Kier alpha value is -2.02. The van der Waals surface area contributed by atoms with Crippen molar-refractivity contribution in [3.05, 3.63) is 30.1 Å². The van der Waals surface area contributed by atoms with Gasteiger partial charge in [0.25, 0.3) is 0 Å². The predicted molar refractivity (Wildman–Crippen MR) is 117 cm³/mol. The fourth-order valence-corrected chi connectivity index (χ4v) is 5.12. The zero-order valence-corrected chi connectivity index (χ0v) is 17.9. The molecular weight excluding hydrogens is 384 g/mol. The van der Waals surface area contributed by atoms with Crippen LogP contribution in [0.5, 0.6) is 0 Å². The van der Waals surface area contributed by atoms with Gasteiger partial charge in [-0.25, -0.2) is 4.98 Å². The number of carbonyl (C=O) groups is 2. The Kier molecular flexibility index (Phi) is 6.43. The van der Waals surface area contributed by atoms with Crippen LogP contribution in [0.25, 0.3) is 11.0 Å². The average molecular weight is 415 g/mol. The molecule has 2 saturated heterocycles. The molecule has 156 valence electrons. The summed E-state index contributed by atoms with van der Waals surface area (Å²) >= 11 is 1.62. The van der Waals surface area contributed by atoms with Crippen LogP contribution in [0.4, 0.5) is 0 Å². The Morgan fingerprint density at radius 2 is 1.83 bits per heavy atom. The number of hydrogen-bond acceptors (Lipinski definition) is 4. The van der Waals surface area contributed by atoms with Crippen LogP contribution in [0.2, 0.25) is 0 Å². The molecule has 1 aromatic carbocycles. The van der Waals surface area contributed by atoms with E-state index in [-0.39, 0.29) is 17.1 Å². The summed E-state index contributed by atoms with van der Waals surface area (Å²) < 4.78 is 0. The van der Waals surface area contributed by atoms with E-state index in [4.69, 9.17) is 0 Å². The first-order valence-electron chi connectivity index (χ1n) is 10.7. The molecule has 2 fully saturated rings. The van der Waals surface area contributed by atoms with Gasteiger partial charge in [0, 0.05) is 32.1 Å². The van der Waals surface area contributed by atoms with E-state index < -0.39 is 0 Å². The first-order chi connectivity index (χ1) is 14.1. The second kappa shape index (κ2) is 9.20. The third kappa shape index (κ3) is 4.77. The number of benzene rings is 1. The largest absolute Gasteiger partial charge is 0.342 e. The number of likely N-dealkylation sites (tertiary alicyclic amines) is 2. The van der Waals surface area contributed by atoms with Gasteiger partial charge in [-0.15, -0.1) is 11.8 Å². The highest BCUT2D eigenvalue weighted by molar-refractivity contribution is 8.00. The average Bonchev–Trinajstić information content (AvgIpc) is 3.22. The minimum atomic E-state index is 0.0966. The number of nitrogens with zero attached hydrogens (tertiary/aromatic N) is 3. The Morgan fingerprint density at radius 1 is 1.10 bits per heavy atom. The quantitative estimate of drug-likeness (QED) is 0.811. The molecule has 2 amide bonds. The van der Waals surface area contributed by atoms with Gasteiger partial charge in [-0.1, -0.05) is 12.1 Å². The van der Waals surface area contributed by atoms with Gasteiger partial charge >= 0.3 is 0 Å². The number of H-pyrrole nitrogens is 1. The second-order valence-electron chi connectivity index (χ2n) is 8.13. The number of fused-ring (bicyclic) bond motifs is 1. The van der Waals surface area contributed by atoms with Crippen molar-refractivity contribution >= 4 is 34.6 Å². The van der Waals surface area contributed by atoms with Crippen molar-refractivity contribution in [3.8, 4) is 0 Å². The minimum Gasteiger partial charge on any atom is -0.342 e. The van der Waals surface area contributed by atoms with E-state index in [1.165, 1.54) is 6.42 Å². The number of aromatic amines is 1. The van der Waals surface area contributed by atoms with Gasteiger partial charge < -0.3 is 14.8 Å². The maximum atomic E-state index is 12.7. The second-order valence-corrected chi connectivity index (χ2v) is 9.46. The van der Waals surface area contributed by atoms with E-state index in [1.54, 1.807) is 11.8 Å². The molecule has 0 spiro atoms. The summed E-state index contributed by atoms with van der Waals surface area (Å²) in [6, 6.07) is 7.98. The lowest BCUT2D eigenvalue weighted by Crippen LogP contribution is -2.46. The molecule has 0 radical (unpaired) electrons. The van der Waals surface area contributed by atoms with E-state index in [0.29, 0.717) is 24.7 Å². The Bertz CT molecular complexity index is 820. The molecule has 0 bridgehead atoms. The molecule has 1 unspecified atom stereocenters. The minimum absolute atomic E-state index is 0.0966. The highest BCUT2D eigenvalue weighted by Crippen LogP contribution is 2.29. The van der Waals surface area contributed by atoms with Crippen LogP contribution in [0.15, 0.2) is 24.3 Å². The van der Waals surface area contributed by atoms with Crippen molar-refractivity contribution < 1.29 is 9.59 Å². The van der Waals surface area contributed by atoms with Gasteiger partial charge in [-0.2, -0.15) is 0 Å². The van der Waals surface area contributed by atoms with Gasteiger partial charge in [0.2, 0.25) is 11.8 Å². The molecule has 1 aromatic heterocycles. The molecule has 0 saturated carbocycles. The number of piperidine rings is 2. The molecule has 1 atom stereocenters. The predicted octanol–water partition coefficient (Wildman–Crippen LogP) is 3.61. The number of amides is 2. The summed E-state index contributed by atoms with van der Waals surface area (Å²) in [5, 5.41) is 0.129. The number of aromatic nitrogens is 2. The number of nitrogens with one attached hydrogen (secondary N) is 1. The van der Waals surface area contributed by atoms with Crippen molar-refractivity contribution in [2.75, 3.05) is 31.9 Å². The molecule has 2 aliphatic heterocycles. The van der Waals surface area contributed by atoms with Gasteiger partial charge in [-0.05, 0) is 51.2 Å². The van der Waals surface area contributed by atoms with Crippen LogP contribution in [-0.4, -0.2) is 63.5 Å². The SMILES string of the molecule is CC(SCC(=O)N1CCC(C(=O)N2CCCCC2)CC1)c1nc2ccccc2[nH]1. The summed E-state index contributed by atoms with van der Waals surface area (Å²) in [5.74, 6) is 1.93. The lowest BCUT2D eigenvalue weighted by molar-refractivity contribution is -0.140. The normalized spacial score (nSPS) is 19.5. The molecule has 29 heavy (non-hydrogen) atoms. The standard InChI is InChI=1S/C22H30N4O2S/c1-16(21-23-18-7-3-4-8-19(18)24-21)29-15-20(27)25-13-9-17(10-14-25)22(28)26-11-5-2-6-12-26/h3-4,7-8,16-17H,2,5-6,9-15H2,1H3,(H,23,24). The summed E-state index contributed by atoms with van der Waals surface area (Å²) in [6.07, 6.45) is 5.09. The van der Waals surface area contributed by atoms with E-state index in [0.717, 1.165) is 55.6 Å². The van der Waals surface area contributed by atoms with Crippen molar-refractivity contribution in [2.45, 2.75) is 44.3 Å². The summed E-state index contributed by atoms with van der Waals surface area (Å²) in [6.45, 7) is 5.30. The highest BCUT2D eigenvalue weighted by atomic mass is 32.2. The van der Waals surface area contributed by atoms with E-state index in [1.807, 2.05) is 34.1 Å². The van der Waals surface area contributed by atoms with Crippen molar-refractivity contribution in [2.24, 2.45) is 5.92 Å². The number of hydrogen-bond donors (Lipinski definition) is 1. The van der Waals surface area contributed by atoms with E-state index in [9.17, 15) is 9.59 Å². The van der Waals surface area contributed by atoms with Crippen molar-refractivity contribution in [1.82, 2.24) is 19.8 Å². The van der Waals surface area contributed by atoms with Gasteiger partial charge in [0.15, 0.2) is 0 Å². The summed E-state index contributed by atoms with van der Waals surface area (Å²) in [5.41, 5.74) is 1.99. The fraction of sp³-hybridized carbons (Fsp3) is 0.591. The lowest BCUT2D eigenvalue weighted by atomic mass is 9.94. The van der Waals surface area contributed by atoms with E-state index in [2.05, 4.69) is 16.9 Å². The maximum Gasteiger partial charge on any atom is 0.232 e. The molecule has 2 aromatic rings. The summed E-state index contributed by atoms with van der Waals surface area (Å²) in [7, 11) is 0. The summed E-state index contributed by atoms with van der Waals surface area (Å²) in [4.78, 5) is 37.3. The van der Waals surface area contributed by atoms with Crippen LogP contribution in [-0.2, 0) is 9.59 Å². The topological polar surface area (TPSA) is 69.3 Å². The molecule has 4 rings (SSSR count). The number of rotatable bonds is 5. The smallest absolute Gasteiger partial charge is 0.232 e. The zero-order chi connectivity index (χ0) is 20.2. The molecular formula is C22H30N4O2S. The Balaban J connectivity index is 1.23. The Morgan fingerprint density at radius 3 is 2.55 bits per heavy atom. The first-order valence-corrected chi connectivity index (χ1v) is 11.8. The van der Waals surface area contributed by atoms with Crippen LogP contribution >= 0.6 is 11.8 Å². The van der Waals surface area contributed by atoms with E-state index >= 15 is 0 Å². The number of thioether (sulfide) groups is 1. The number of imidazole rings is 1. The van der Waals surface area contributed by atoms with Gasteiger partial charge in [0.05, 0.1) is 22.0 Å². The van der Waals surface area contributed by atoms with Gasteiger partial charge in [-0.3, -0.25) is 9.59 Å². The molecule has 7 heteroatoms. The molecule has 6 nitrogen and oxygen atoms in total. The third-order valence-electron chi connectivity index (χ3n) is 6.11. The molecule has 1 N–H and O–H groups in total. The van der Waals surface area contributed by atoms with Crippen molar-refractivity contribution in [1.29, 1.82) is 0 Å². The third-order valence-corrected chi connectivity index (χ3v) is 7.25. The monoisotopic (exact) mass is 414 g/mol. The zero-order valence-electron chi connectivity index (χ0n) is 17.1. The molecule has 0 aliphatic carbocycles. The van der Waals surface area contributed by atoms with Crippen molar-refractivity contribution in [3.63, 3.8) is 0 Å². The molecule has 3 heterocycles. The highest BCUT2D eigenvalue weighted by Gasteiger charge is 2.30. The number of carbonyl (C=O) groups excluding carboxylic acids is 2. The molecule has 2 aliphatic rings. The van der Waals surface area contributed by atoms with Crippen LogP contribution in [0.3, 0.4) is 0 Å². The maximum absolute atomic E-state index is 12.7. The van der Waals surface area contributed by atoms with Crippen LogP contribution in [0.1, 0.15) is 50.1 Å². The lowest BCUT2D eigenvalue weighted by Gasteiger charge is -2.35. The van der Waals surface area contributed by atoms with Gasteiger partial charge in [0.1, 0.15) is 5.82 Å². The first kappa shape index (κ1) is 20.3. The Labute approximate surface area is 176 Å². The van der Waals surface area contributed by atoms with Crippen LogP contribution in [0, 0.1) is 5.92 Å². The van der Waals surface area contributed by atoms with Crippen LogP contribution < -0.4 is 0 Å². The number of para-hydroxylation sites is 2. The fourth-order valence-electron chi connectivity index (χ4n) is 4.28.